The molecule has 0 aliphatic carbocycles. The molecule has 0 atom stereocenters. The molecule has 0 saturated carbocycles. The number of anilines is 1. The fraction of sp³-hybridized carbons (Fsp3) is 0.706. The maximum absolute atomic E-state index is 9.44. The van der Waals surface area contributed by atoms with Crippen LogP contribution in [0, 0.1) is 11.3 Å². The molecule has 0 saturated heterocycles. The number of aromatic amines is 1. The smallest absolute Gasteiger partial charge is 0.139 e. The number of H-pyrrole nitrogens is 1. The van der Waals surface area contributed by atoms with Gasteiger partial charge in [0, 0.05) is 0 Å². The van der Waals surface area contributed by atoms with Gasteiger partial charge in [0.2, 0.25) is 0 Å². The van der Waals surface area contributed by atoms with E-state index in [1.807, 2.05) is 0 Å². The van der Waals surface area contributed by atoms with Crippen molar-refractivity contribution in [1.82, 2.24) is 4.98 Å². The molecule has 0 spiro atoms. The van der Waals surface area contributed by atoms with Gasteiger partial charge in [0.05, 0.1) is 5.82 Å². The lowest BCUT2D eigenvalue weighted by molar-refractivity contribution is 0.666. The second-order valence-corrected chi connectivity index (χ2v) is 18.2. The lowest BCUT2D eigenvalue weighted by atomic mass is 10.1. The molecule has 0 aromatic carbocycles. The van der Waals surface area contributed by atoms with E-state index in [4.69, 9.17) is 0 Å². The van der Waals surface area contributed by atoms with Crippen LogP contribution in [0.15, 0.2) is 6.07 Å². The number of aromatic nitrogens is 1. The molecule has 1 aromatic heterocycles. The van der Waals surface area contributed by atoms with Gasteiger partial charge in [0.25, 0.3) is 0 Å². The molecular weight excluding hydrogens is 302 g/mol. The van der Waals surface area contributed by atoms with E-state index in [1.54, 1.807) is 0 Å². The molecule has 5 heteroatoms. The number of hydrogen-bond donors (Lipinski definition) is 1. The van der Waals surface area contributed by atoms with Crippen LogP contribution in [0.1, 0.15) is 43.9 Å². The minimum absolute atomic E-state index is 0.771. The van der Waals surface area contributed by atoms with Gasteiger partial charge >= 0.3 is 0 Å². The van der Waals surface area contributed by atoms with Crippen LogP contribution in [-0.2, 0) is 6.42 Å². The molecule has 22 heavy (non-hydrogen) atoms. The third-order valence-electron chi connectivity index (χ3n) is 3.88. The average Bonchev–Trinajstić information content (AvgIpc) is 2.73. The Balaban J connectivity index is 3.05. The number of hydrogen-bond acceptors (Lipinski definition) is 2. The maximum Gasteiger partial charge on any atom is 0.139 e. The largest absolute Gasteiger partial charge is 0.411 e. The third kappa shape index (κ3) is 5.03. The fourth-order valence-corrected chi connectivity index (χ4v) is 13.1. The lowest BCUT2D eigenvalue weighted by Gasteiger charge is -2.44. The van der Waals surface area contributed by atoms with E-state index in [2.05, 4.69) is 67.6 Å². The predicted octanol–water partition coefficient (Wildman–Crippen LogP) is 5.49. The van der Waals surface area contributed by atoms with Gasteiger partial charge in [0.15, 0.2) is 0 Å². The monoisotopic (exact) mass is 335 g/mol. The van der Waals surface area contributed by atoms with E-state index in [0.29, 0.717) is 0 Å². The summed E-state index contributed by atoms with van der Waals surface area (Å²) >= 11 is 0. The zero-order valence-electron chi connectivity index (χ0n) is 15.5. The molecule has 124 valence electrons. The Hall–Kier alpha value is -0.996. The fourth-order valence-electron chi connectivity index (χ4n) is 3.37. The number of nitrogens with zero attached hydrogens (tertiary/aromatic N) is 2. The second kappa shape index (κ2) is 7.52. The van der Waals surface area contributed by atoms with E-state index < -0.39 is 16.5 Å². The highest BCUT2D eigenvalue weighted by Gasteiger charge is 2.35. The van der Waals surface area contributed by atoms with Crippen molar-refractivity contribution in [2.24, 2.45) is 0 Å². The Morgan fingerprint density at radius 2 is 1.64 bits per heavy atom. The molecular formula is C17H33N3Si2. The van der Waals surface area contributed by atoms with Crippen molar-refractivity contribution in [2.75, 3.05) is 4.23 Å². The van der Waals surface area contributed by atoms with E-state index >= 15 is 0 Å². The lowest BCUT2D eigenvalue weighted by Crippen LogP contribution is -2.59. The van der Waals surface area contributed by atoms with Crippen LogP contribution in [0.2, 0.25) is 39.3 Å². The number of nitriles is 1. The Morgan fingerprint density at radius 3 is 2.09 bits per heavy atom. The minimum atomic E-state index is -1.47. The van der Waals surface area contributed by atoms with Crippen LogP contribution in [-0.4, -0.2) is 21.5 Å². The van der Waals surface area contributed by atoms with Gasteiger partial charge in [-0.1, -0.05) is 65.5 Å². The third-order valence-corrected chi connectivity index (χ3v) is 11.1. The van der Waals surface area contributed by atoms with Crippen LogP contribution >= 0.6 is 0 Å². The Kier molecular flexibility index (Phi) is 6.51. The van der Waals surface area contributed by atoms with Crippen molar-refractivity contribution in [3.63, 3.8) is 0 Å². The predicted molar refractivity (Wildman–Crippen MR) is 103 cm³/mol. The first-order valence-corrected chi connectivity index (χ1v) is 15.4. The summed E-state index contributed by atoms with van der Waals surface area (Å²) in [5.41, 5.74) is 1.98. The van der Waals surface area contributed by atoms with Crippen LogP contribution in [0.5, 0.6) is 0 Å². The van der Waals surface area contributed by atoms with Gasteiger partial charge in [-0.15, -0.1) is 0 Å². The highest BCUT2D eigenvalue weighted by molar-refractivity contribution is 6.99. The summed E-state index contributed by atoms with van der Waals surface area (Å²) in [6.07, 6.45) is 6.00. The highest BCUT2D eigenvalue weighted by Crippen LogP contribution is 2.30. The van der Waals surface area contributed by atoms with E-state index in [-0.39, 0.29) is 0 Å². The van der Waals surface area contributed by atoms with Gasteiger partial charge in [-0.3, -0.25) is 0 Å². The number of nitrogens with one attached hydrogen (secondary N) is 1. The minimum Gasteiger partial charge on any atom is -0.411 e. The molecule has 0 amide bonds. The first kappa shape index (κ1) is 19.1. The van der Waals surface area contributed by atoms with Crippen molar-refractivity contribution in [2.45, 2.75) is 78.3 Å². The second-order valence-electron chi connectivity index (χ2n) is 8.15. The maximum atomic E-state index is 9.44. The molecule has 3 nitrogen and oxygen atoms in total. The summed E-state index contributed by atoms with van der Waals surface area (Å²) in [6.45, 7) is 16.6. The first-order chi connectivity index (χ1) is 10.1. The Labute approximate surface area is 138 Å². The summed E-state index contributed by atoms with van der Waals surface area (Å²) in [7, 11) is -2.95. The van der Waals surface area contributed by atoms with Crippen molar-refractivity contribution < 1.29 is 0 Å². The molecule has 0 aliphatic rings. The zero-order chi connectivity index (χ0) is 17.0. The average molecular weight is 336 g/mol. The molecule has 0 aliphatic heterocycles. The van der Waals surface area contributed by atoms with E-state index in [9.17, 15) is 5.26 Å². The molecule has 0 bridgehead atoms. The quantitative estimate of drug-likeness (QED) is 0.504. The number of rotatable bonds is 8. The molecule has 1 rings (SSSR count). The van der Waals surface area contributed by atoms with Crippen LogP contribution in [0.3, 0.4) is 0 Å². The molecule has 1 N–H and O–H groups in total. The van der Waals surface area contributed by atoms with Crippen molar-refractivity contribution in [1.29, 1.82) is 5.26 Å². The number of unbranched alkanes of at least 4 members (excludes halogenated alkanes) is 3. The topological polar surface area (TPSA) is 42.8 Å². The van der Waals surface area contributed by atoms with Gasteiger partial charge in [-0.05, 0) is 24.5 Å². The van der Waals surface area contributed by atoms with E-state index in [1.165, 1.54) is 37.1 Å². The SMILES string of the molecule is CCCCCCc1cc(N([Si](C)(C)C)[Si](C)(C)C)[nH]c1C#N. The van der Waals surface area contributed by atoms with Crippen LogP contribution in [0.25, 0.3) is 0 Å². The van der Waals surface area contributed by atoms with Crippen LogP contribution < -0.4 is 4.23 Å². The van der Waals surface area contributed by atoms with Crippen molar-refractivity contribution >= 4 is 22.3 Å². The standard InChI is InChI=1S/C17H33N3Si2/c1-8-9-10-11-12-15-13-17(19-16(15)14-18)20(21(2,3)4)22(5,6)7/h13,19H,8-12H2,1-7H3. The van der Waals surface area contributed by atoms with Gasteiger partial charge < -0.3 is 9.22 Å². The van der Waals surface area contributed by atoms with Gasteiger partial charge in [-0.2, -0.15) is 5.26 Å². The van der Waals surface area contributed by atoms with Gasteiger partial charge in [0.1, 0.15) is 28.2 Å². The van der Waals surface area contributed by atoms with Gasteiger partial charge in [-0.25, -0.2) is 0 Å². The molecule has 1 aromatic rings. The van der Waals surface area contributed by atoms with Crippen molar-refractivity contribution in [3.8, 4) is 6.07 Å². The first-order valence-electron chi connectivity index (χ1n) is 8.53. The Morgan fingerprint density at radius 1 is 1.05 bits per heavy atom. The summed E-state index contributed by atoms with van der Waals surface area (Å²) in [5.74, 6) is 1.18. The van der Waals surface area contributed by atoms with Crippen LogP contribution in [0.4, 0.5) is 5.82 Å². The zero-order valence-corrected chi connectivity index (χ0v) is 17.5. The van der Waals surface area contributed by atoms with Crippen molar-refractivity contribution in [3.05, 3.63) is 17.3 Å². The highest BCUT2D eigenvalue weighted by atomic mass is 28.4. The summed E-state index contributed by atoms with van der Waals surface area (Å²) in [4.78, 5) is 3.42. The normalized spacial score (nSPS) is 12.3. The Bertz CT molecular complexity index is 501. The summed E-state index contributed by atoms with van der Waals surface area (Å²) in [6, 6.07) is 4.61. The number of aryl methyl sites for hydroxylation is 1. The molecule has 1 heterocycles. The summed E-state index contributed by atoms with van der Waals surface area (Å²) in [5, 5.41) is 9.44. The molecule has 0 unspecified atom stereocenters. The van der Waals surface area contributed by atoms with E-state index in [0.717, 1.165) is 12.1 Å². The molecule has 0 radical (unpaired) electrons. The summed E-state index contributed by atoms with van der Waals surface area (Å²) < 4.78 is 2.65. The molecule has 0 fully saturated rings.